The van der Waals surface area contributed by atoms with Gasteiger partial charge in [0.25, 0.3) is 0 Å². The summed E-state index contributed by atoms with van der Waals surface area (Å²) in [5, 5.41) is 0. The molecule has 196 valence electrons. The third-order valence-electron chi connectivity index (χ3n) is 7.27. The lowest BCUT2D eigenvalue weighted by molar-refractivity contribution is 0.493. The van der Waals surface area contributed by atoms with Crippen molar-refractivity contribution in [1.29, 1.82) is 0 Å². The fourth-order valence-corrected chi connectivity index (χ4v) is 5.58. The summed E-state index contributed by atoms with van der Waals surface area (Å²) in [5.74, 6) is 0. The Balaban J connectivity index is 2.53. The zero-order chi connectivity index (χ0) is 27.2. The second kappa shape index (κ2) is 9.72. The van der Waals surface area contributed by atoms with Crippen molar-refractivity contribution in [2.24, 2.45) is 0 Å². The van der Waals surface area contributed by atoms with Crippen molar-refractivity contribution in [2.45, 2.75) is 150 Å². The smallest absolute Gasteiger partial charge is 0.0126 e. The van der Waals surface area contributed by atoms with Gasteiger partial charge in [-0.3, -0.25) is 0 Å². The van der Waals surface area contributed by atoms with E-state index in [0.717, 1.165) is 12.8 Å². The van der Waals surface area contributed by atoms with E-state index in [1.165, 1.54) is 28.7 Å². The average molecular weight is 477 g/mol. The Labute approximate surface area is 219 Å². The van der Waals surface area contributed by atoms with E-state index >= 15 is 0 Å². The van der Waals surface area contributed by atoms with Gasteiger partial charge in [0, 0.05) is 0 Å². The van der Waals surface area contributed by atoms with Crippen LogP contribution in [-0.2, 0) is 39.9 Å². The van der Waals surface area contributed by atoms with Crippen molar-refractivity contribution in [3.8, 4) is 0 Å². The molecule has 0 aromatic heterocycles. The Kier molecular flexibility index (Phi) is 8.24. The average Bonchev–Trinajstić information content (AvgIpc) is 2.63. The Morgan fingerprint density at radius 1 is 0.429 bits per heavy atom. The highest BCUT2D eigenvalue weighted by Crippen LogP contribution is 2.43. The van der Waals surface area contributed by atoms with E-state index in [1.807, 2.05) is 0 Å². The van der Waals surface area contributed by atoms with Gasteiger partial charge < -0.3 is 0 Å². The Morgan fingerprint density at radius 3 is 1.31 bits per heavy atom. The van der Waals surface area contributed by atoms with Gasteiger partial charge in [-0.25, -0.2) is 0 Å². The number of benzene rings is 2. The van der Waals surface area contributed by atoms with Gasteiger partial charge in [-0.05, 0) is 85.3 Å². The zero-order valence-electron chi connectivity index (χ0n) is 26.0. The van der Waals surface area contributed by atoms with E-state index in [0.29, 0.717) is 0 Å². The van der Waals surface area contributed by atoms with Gasteiger partial charge in [0.1, 0.15) is 0 Å². The highest BCUT2D eigenvalue weighted by molar-refractivity contribution is 5.51. The first-order valence-electron chi connectivity index (χ1n) is 13.9. The third kappa shape index (κ3) is 7.24. The van der Waals surface area contributed by atoms with E-state index in [-0.39, 0.29) is 27.1 Å². The highest BCUT2D eigenvalue weighted by atomic mass is 14.4. The van der Waals surface area contributed by atoms with Gasteiger partial charge >= 0.3 is 0 Å². The lowest BCUT2D eigenvalue weighted by Crippen LogP contribution is -2.29. The summed E-state index contributed by atoms with van der Waals surface area (Å²) >= 11 is 0. The van der Waals surface area contributed by atoms with Crippen LogP contribution in [0.3, 0.4) is 0 Å². The molecule has 2 rings (SSSR count). The lowest BCUT2D eigenvalue weighted by atomic mass is 9.67. The first-order valence-corrected chi connectivity index (χ1v) is 13.9. The van der Waals surface area contributed by atoms with Gasteiger partial charge in [-0.15, -0.1) is 0 Å². The maximum absolute atomic E-state index is 2.49. The fraction of sp³-hybridized carbons (Fsp3) is 0.657. The maximum atomic E-state index is 2.49. The van der Waals surface area contributed by atoms with Crippen LogP contribution in [0.25, 0.3) is 0 Å². The second-order valence-electron chi connectivity index (χ2n) is 16.0. The Hall–Kier alpha value is -1.56. The van der Waals surface area contributed by atoms with E-state index in [9.17, 15) is 0 Å². The number of hydrogen-bond acceptors (Lipinski definition) is 0. The second-order valence-corrected chi connectivity index (χ2v) is 16.0. The molecule has 0 fully saturated rings. The van der Waals surface area contributed by atoms with Crippen molar-refractivity contribution in [2.75, 3.05) is 0 Å². The predicted molar refractivity (Wildman–Crippen MR) is 158 cm³/mol. The van der Waals surface area contributed by atoms with Crippen molar-refractivity contribution in [3.63, 3.8) is 0 Å². The normalized spacial score (nSPS) is 13.9. The molecule has 0 saturated heterocycles. The van der Waals surface area contributed by atoms with Crippen LogP contribution >= 0.6 is 0 Å². The monoisotopic (exact) mass is 476 g/mol. The maximum Gasteiger partial charge on any atom is -0.0126 e. The molecule has 0 heterocycles. The van der Waals surface area contributed by atoms with Crippen LogP contribution in [0.4, 0.5) is 0 Å². The summed E-state index contributed by atoms with van der Waals surface area (Å²) in [6, 6.07) is 12.1. The quantitative estimate of drug-likeness (QED) is 0.411. The Bertz CT molecular complexity index is 1010. The standard InChI is InChI=1S/C35H56/c1-31(2,3)26-20-22-27(32(4,5)6)25(23-26)18-16-17-24-19-21-28(33(7,8)9)30(35(13,14)15)29(24)34(10,11)12/h19-23H,16-18H2,1-15H3. The molecule has 0 aliphatic heterocycles. The summed E-state index contributed by atoms with van der Waals surface area (Å²) in [6.07, 6.45) is 3.44. The molecular formula is C35H56. The van der Waals surface area contributed by atoms with Gasteiger partial charge in [-0.1, -0.05) is 134 Å². The molecule has 0 amide bonds. The van der Waals surface area contributed by atoms with Crippen LogP contribution in [-0.4, -0.2) is 0 Å². The SMILES string of the molecule is CC(C)(C)c1ccc(C(C)(C)C)c(CCCc2ccc(C(C)(C)C)c(C(C)(C)C)c2C(C)(C)C)c1. The minimum absolute atomic E-state index is 0.113. The summed E-state index contributed by atoms with van der Waals surface area (Å²) in [4.78, 5) is 0. The minimum Gasteiger partial charge on any atom is -0.0584 e. The topological polar surface area (TPSA) is 0 Å². The molecule has 0 aliphatic carbocycles. The summed E-state index contributed by atoms with van der Waals surface area (Å²) in [6.45, 7) is 35.5. The number of rotatable bonds is 4. The highest BCUT2D eigenvalue weighted by Gasteiger charge is 2.33. The summed E-state index contributed by atoms with van der Waals surface area (Å²) in [5.41, 5.74) is 11.4. The minimum atomic E-state index is 0.113. The van der Waals surface area contributed by atoms with Gasteiger partial charge in [0.2, 0.25) is 0 Å². The van der Waals surface area contributed by atoms with Crippen molar-refractivity contribution in [1.82, 2.24) is 0 Å². The molecule has 0 bridgehead atoms. The van der Waals surface area contributed by atoms with E-state index in [1.54, 1.807) is 16.7 Å². The zero-order valence-corrected chi connectivity index (χ0v) is 26.0. The van der Waals surface area contributed by atoms with Crippen LogP contribution in [0.15, 0.2) is 30.3 Å². The van der Waals surface area contributed by atoms with Crippen LogP contribution in [0.1, 0.15) is 149 Å². The van der Waals surface area contributed by atoms with Crippen LogP contribution in [0.2, 0.25) is 0 Å². The fourth-order valence-electron chi connectivity index (χ4n) is 5.58. The molecule has 0 N–H and O–H groups in total. The molecule has 0 nitrogen and oxygen atoms in total. The predicted octanol–water partition coefficient (Wildman–Crippen LogP) is 10.3. The molecule has 35 heavy (non-hydrogen) atoms. The van der Waals surface area contributed by atoms with E-state index in [2.05, 4.69) is 134 Å². The largest absolute Gasteiger partial charge is 0.0584 e. The van der Waals surface area contributed by atoms with Crippen LogP contribution < -0.4 is 0 Å². The van der Waals surface area contributed by atoms with Gasteiger partial charge in [-0.2, -0.15) is 0 Å². The number of aryl methyl sites for hydroxylation is 2. The summed E-state index contributed by atoms with van der Waals surface area (Å²) < 4.78 is 0. The third-order valence-corrected chi connectivity index (χ3v) is 7.27. The first kappa shape index (κ1) is 29.7. The molecule has 0 saturated carbocycles. The van der Waals surface area contributed by atoms with Crippen molar-refractivity contribution >= 4 is 0 Å². The molecule has 2 aromatic carbocycles. The molecular weight excluding hydrogens is 420 g/mol. The van der Waals surface area contributed by atoms with E-state index in [4.69, 9.17) is 0 Å². The molecule has 0 aliphatic rings. The van der Waals surface area contributed by atoms with Gasteiger partial charge in [0.05, 0.1) is 0 Å². The molecule has 0 heteroatoms. The molecule has 0 spiro atoms. The van der Waals surface area contributed by atoms with Crippen LogP contribution in [0.5, 0.6) is 0 Å². The van der Waals surface area contributed by atoms with Crippen LogP contribution in [0, 0.1) is 0 Å². The Morgan fingerprint density at radius 2 is 0.886 bits per heavy atom. The molecule has 0 unspecified atom stereocenters. The molecule has 2 aromatic rings. The lowest BCUT2D eigenvalue weighted by Gasteiger charge is -2.38. The number of hydrogen-bond donors (Lipinski definition) is 0. The van der Waals surface area contributed by atoms with E-state index < -0.39 is 0 Å². The van der Waals surface area contributed by atoms with Crippen molar-refractivity contribution in [3.05, 3.63) is 69.3 Å². The molecule has 0 atom stereocenters. The summed E-state index contributed by atoms with van der Waals surface area (Å²) in [7, 11) is 0. The molecule has 0 radical (unpaired) electrons. The van der Waals surface area contributed by atoms with Crippen molar-refractivity contribution < 1.29 is 0 Å². The van der Waals surface area contributed by atoms with Gasteiger partial charge in [0.15, 0.2) is 0 Å². The first-order chi connectivity index (χ1) is 15.5.